The third-order valence-electron chi connectivity index (χ3n) is 3.28. The number of ether oxygens (including phenoxy) is 2. The van der Waals surface area contributed by atoms with Gasteiger partial charge in [0.25, 0.3) is 0 Å². The highest BCUT2D eigenvalue weighted by molar-refractivity contribution is 5.27. The molecule has 0 aromatic carbocycles. The Kier molecular flexibility index (Phi) is 5.43. The number of aromatic amines is 1. The van der Waals surface area contributed by atoms with Gasteiger partial charge in [0.1, 0.15) is 11.4 Å². The summed E-state index contributed by atoms with van der Waals surface area (Å²) >= 11 is 0. The van der Waals surface area contributed by atoms with E-state index in [0.29, 0.717) is 25.4 Å². The van der Waals surface area contributed by atoms with Gasteiger partial charge in [-0.2, -0.15) is 5.10 Å². The van der Waals surface area contributed by atoms with Crippen LogP contribution in [0, 0.1) is 0 Å². The van der Waals surface area contributed by atoms with E-state index >= 15 is 0 Å². The third-order valence-corrected chi connectivity index (χ3v) is 3.28. The molecule has 1 aliphatic heterocycles. The van der Waals surface area contributed by atoms with E-state index in [1.807, 2.05) is 35.9 Å². The Morgan fingerprint density at radius 2 is 2.05 bits per heavy atom. The molecule has 5 N–H and O–H groups in total. The van der Waals surface area contributed by atoms with Crippen LogP contribution in [0.2, 0.25) is 0 Å². The van der Waals surface area contributed by atoms with E-state index < -0.39 is 0 Å². The first-order valence-electron chi connectivity index (χ1n) is 7.22. The summed E-state index contributed by atoms with van der Waals surface area (Å²) in [4.78, 5) is 0. The van der Waals surface area contributed by atoms with Crippen molar-refractivity contribution in [2.24, 2.45) is 0 Å². The minimum Gasteiger partial charge on any atom is -0.392 e. The van der Waals surface area contributed by atoms with Crippen LogP contribution in [0.4, 0.5) is 5.69 Å². The average Bonchev–Trinajstić information content (AvgIpc) is 3.08. The fourth-order valence-electron chi connectivity index (χ4n) is 2.25. The molecular weight excluding hydrogens is 272 g/mol. The molecule has 1 aromatic heterocycles. The highest BCUT2D eigenvalue weighted by Crippen LogP contribution is 2.17. The lowest BCUT2D eigenvalue weighted by molar-refractivity contribution is -0.764. The van der Waals surface area contributed by atoms with Gasteiger partial charge in [0.2, 0.25) is 12.2 Å². The maximum atomic E-state index is 5.75. The molecule has 1 unspecified atom stereocenters. The second-order valence-corrected chi connectivity index (χ2v) is 4.76. The average molecular weight is 297 g/mol. The first-order valence-corrected chi connectivity index (χ1v) is 7.22. The van der Waals surface area contributed by atoms with Crippen LogP contribution in [-0.2, 0) is 9.47 Å². The molecular formula is C13H25N6O2+. The molecule has 1 aliphatic rings. The van der Waals surface area contributed by atoms with Gasteiger partial charge in [0, 0.05) is 26.3 Å². The lowest BCUT2D eigenvalue weighted by Crippen LogP contribution is -2.48. The molecule has 1 atom stereocenters. The highest BCUT2D eigenvalue weighted by atomic mass is 16.7. The summed E-state index contributed by atoms with van der Waals surface area (Å²) in [5.41, 5.74) is 13.6. The summed E-state index contributed by atoms with van der Waals surface area (Å²) in [6, 6.07) is 0.0914. The first-order chi connectivity index (χ1) is 10.2. The molecule has 21 heavy (non-hydrogen) atoms. The number of nitrogen functional groups attached to an aromatic ring is 1. The van der Waals surface area contributed by atoms with E-state index in [-0.39, 0.29) is 12.3 Å². The Balaban J connectivity index is 2.02. The Bertz CT molecular complexity index is 469. The number of allylic oxidation sites excluding steroid dienone is 1. The minimum absolute atomic E-state index is 0.0914. The van der Waals surface area contributed by atoms with Gasteiger partial charge in [0.15, 0.2) is 6.29 Å². The van der Waals surface area contributed by atoms with Crippen molar-refractivity contribution in [2.75, 3.05) is 25.5 Å². The van der Waals surface area contributed by atoms with Crippen LogP contribution in [0.25, 0.3) is 0 Å². The van der Waals surface area contributed by atoms with Gasteiger partial charge in [-0.15, -0.1) is 10.2 Å². The van der Waals surface area contributed by atoms with E-state index in [4.69, 9.17) is 15.2 Å². The van der Waals surface area contributed by atoms with Crippen LogP contribution in [0.5, 0.6) is 0 Å². The maximum absolute atomic E-state index is 5.75. The molecule has 0 spiro atoms. The van der Waals surface area contributed by atoms with Crippen LogP contribution >= 0.6 is 0 Å². The Hall–Kier alpha value is -1.77. The summed E-state index contributed by atoms with van der Waals surface area (Å²) in [7, 11) is 0. The van der Waals surface area contributed by atoms with Crippen LogP contribution in [-0.4, -0.2) is 36.2 Å². The number of nitrogens with one attached hydrogen (secondary N) is 3. The lowest BCUT2D eigenvalue weighted by atomic mass is 10.2. The van der Waals surface area contributed by atoms with Gasteiger partial charge in [0.05, 0.1) is 12.7 Å². The van der Waals surface area contributed by atoms with Crippen molar-refractivity contribution < 1.29 is 14.2 Å². The van der Waals surface area contributed by atoms with Crippen LogP contribution in [0.1, 0.15) is 26.8 Å². The van der Waals surface area contributed by atoms with E-state index in [2.05, 4.69) is 23.0 Å². The molecule has 0 saturated heterocycles. The SMILES string of the molecule is CCOC(CN1NNC=C1C(C)[n+]1cc(N)c[nH]1)OCC. The summed E-state index contributed by atoms with van der Waals surface area (Å²) in [6.07, 6.45) is 5.27. The van der Waals surface area contributed by atoms with Crippen LogP contribution < -0.4 is 21.4 Å². The zero-order valence-corrected chi connectivity index (χ0v) is 12.8. The predicted octanol–water partition coefficient (Wildman–Crippen LogP) is 0.0107. The summed E-state index contributed by atoms with van der Waals surface area (Å²) < 4.78 is 13.1. The monoisotopic (exact) mass is 297 g/mol. The third kappa shape index (κ3) is 3.87. The molecule has 8 heteroatoms. The van der Waals surface area contributed by atoms with E-state index in [1.165, 1.54) is 0 Å². The standard InChI is InChI=1S/C13H24N6O2/c1-4-20-13(21-5-2)9-19-12(7-15-17-19)10(3)18-8-11(14)6-16-18/h6-8,10,13,15,17H,4-5,9,14H2,1-3H3/p+1. The molecule has 118 valence electrons. The quantitative estimate of drug-likeness (QED) is 0.399. The van der Waals surface area contributed by atoms with Gasteiger partial charge < -0.3 is 20.6 Å². The Labute approximate surface area is 124 Å². The van der Waals surface area contributed by atoms with Gasteiger partial charge in [-0.05, 0) is 13.8 Å². The summed E-state index contributed by atoms with van der Waals surface area (Å²) in [5, 5.41) is 5.09. The second-order valence-electron chi connectivity index (χ2n) is 4.76. The fourth-order valence-corrected chi connectivity index (χ4v) is 2.25. The molecule has 2 rings (SSSR count). The molecule has 0 amide bonds. The van der Waals surface area contributed by atoms with Gasteiger partial charge in [-0.3, -0.25) is 5.01 Å². The molecule has 0 aliphatic carbocycles. The van der Waals surface area contributed by atoms with E-state index in [9.17, 15) is 0 Å². The van der Waals surface area contributed by atoms with Crippen molar-refractivity contribution in [1.29, 1.82) is 0 Å². The second kappa shape index (κ2) is 7.30. The molecule has 0 bridgehead atoms. The molecule has 0 fully saturated rings. The van der Waals surface area contributed by atoms with Crippen molar-refractivity contribution >= 4 is 5.69 Å². The Morgan fingerprint density at radius 1 is 1.33 bits per heavy atom. The topological polar surface area (TPSA) is 91.5 Å². The first kappa shape index (κ1) is 15.6. The number of hydrazine groups is 2. The number of aromatic nitrogens is 2. The number of hydrogen-bond donors (Lipinski definition) is 4. The number of hydrogen-bond acceptors (Lipinski definition) is 6. The maximum Gasteiger partial charge on any atom is 0.221 e. The highest BCUT2D eigenvalue weighted by Gasteiger charge is 2.30. The number of rotatable bonds is 8. The molecule has 1 aromatic rings. The van der Waals surface area contributed by atoms with E-state index in [0.717, 1.165) is 5.70 Å². The number of nitrogens with two attached hydrogens (primary N) is 1. The summed E-state index contributed by atoms with van der Waals surface area (Å²) in [6.45, 7) is 7.81. The largest absolute Gasteiger partial charge is 0.392 e. The van der Waals surface area contributed by atoms with Crippen LogP contribution in [0.15, 0.2) is 24.3 Å². The smallest absolute Gasteiger partial charge is 0.221 e. The fraction of sp³-hybridized carbons (Fsp3) is 0.615. The number of nitrogens with zero attached hydrogens (tertiary/aromatic N) is 2. The van der Waals surface area contributed by atoms with E-state index in [1.54, 1.807) is 6.20 Å². The van der Waals surface area contributed by atoms with Gasteiger partial charge in [-0.1, -0.05) is 0 Å². The van der Waals surface area contributed by atoms with Gasteiger partial charge in [-0.25, -0.2) is 0 Å². The van der Waals surface area contributed by atoms with Crippen LogP contribution in [0.3, 0.4) is 0 Å². The van der Waals surface area contributed by atoms with Crippen molar-refractivity contribution in [3.05, 3.63) is 24.3 Å². The summed E-state index contributed by atoms with van der Waals surface area (Å²) in [5.74, 6) is 0. The number of anilines is 1. The van der Waals surface area contributed by atoms with Gasteiger partial charge >= 0.3 is 0 Å². The zero-order chi connectivity index (χ0) is 15.2. The molecule has 0 saturated carbocycles. The molecule has 0 radical (unpaired) electrons. The van der Waals surface area contributed by atoms with Crippen molar-refractivity contribution in [2.45, 2.75) is 33.1 Å². The molecule has 2 heterocycles. The zero-order valence-electron chi connectivity index (χ0n) is 12.8. The lowest BCUT2D eigenvalue weighted by Gasteiger charge is -2.26. The number of H-pyrrole nitrogens is 1. The van der Waals surface area contributed by atoms with Crippen molar-refractivity contribution in [1.82, 2.24) is 21.1 Å². The predicted molar refractivity (Wildman–Crippen MR) is 78.2 cm³/mol. The van der Waals surface area contributed by atoms with Crippen molar-refractivity contribution in [3.8, 4) is 0 Å². The Morgan fingerprint density at radius 3 is 2.62 bits per heavy atom. The molecule has 8 nitrogen and oxygen atoms in total. The minimum atomic E-state index is -0.276. The normalized spacial score (nSPS) is 16.2. The van der Waals surface area contributed by atoms with Crippen molar-refractivity contribution in [3.63, 3.8) is 0 Å².